The third-order valence-corrected chi connectivity index (χ3v) is 6.02. The molecule has 1 aliphatic carbocycles. The summed E-state index contributed by atoms with van der Waals surface area (Å²) in [5.74, 6) is 0.432. The molecule has 6 heteroatoms. The van der Waals surface area contributed by atoms with Crippen LogP contribution in [0.15, 0.2) is 0 Å². The molecule has 21 heavy (non-hydrogen) atoms. The molecule has 2 fully saturated rings. The second-order valence-electron chi connectivity index (χ2n) is 6.12. The number of thioether (sulfide) groups is 1. The summed E-state index contributed by atoms with van der Waals surface area (Å²) in [5, 5.41) is -0.276. The molecule has 0 spiro atoms. The average molecular weight is 313 g/mol. The molecular weight excluding hydrogens is 290 g/mol. The first kappa shape index (κ1) is 16.3. The van der Waals surface area contributed by atoms with E-state index >= 15 is 0 Å². The Labute approximate surface area is 129 Å². The molecule has 0 aromatic heterocycles. The van der Waals surface area contributed by atoms with Gasteiger partial charge in [0.25, 0.3) is 0 Å². The Bertz CT molecular complexity index is 447. The molecule has 118 valence electrons. The Morgan fingerprint density at radius 1 is 1.48 bits per heavy atom. The third kappa shape index (κ3) is 3.59. The van der Waals surface area contributed by atoms with Crippen molar-refractivity contribution < 1.29 is 19.1 Å². The van der Waals surface area contributed by atoms with Gasteiger partial charge in [-0.1, -0.05) is 6.92 Å². The molecule has 1 saturated heterocycles. The van der Waals surface area contributed by atoms with Gasteiger partial charge >= 0.3 is 5.97 Å². The number of hydrogen-bond acceptors (Lipinski definition) is 5. The number of rotatable bonds is 7. The summed E-state index contributed by atoms with van der Waals surface area (Å²) in [6, 6.07) is -0.0273. The van der Waals surface area contributed by atoms with Crippen molar-refractivity contribution in [3.05, 3.63) is 0 Å². The van der Waals surface area contributed by atoms with Crippen molar-refractivity contribution in [2.24, 2.45) is 5.41 Å². The number of methoxy groups -OCH3 is 1. The molecule has 2 rings (SSSR count). The fourth-order valence-corrected chi connectivity index (χ4v) is 4.06. The second kappa shape index (κ2) is 6.38. The fraction of sp³-hybridized carbons (Fsp3) is 0.800. The van der Waals surface area contributed by atoms with Crippen LogP contribution >= 0.6 is 11.8 Å². The van der Waals surface area contributed by atoms with Crippen LogP contribution in [0.5, 0.6) is 0 Å². The SMILES string of the molecule is CCC(C)N1C(=O)CC(SCC2(CC(=O)OC)CC2)C1=O. The third-order valence-electron chi connectivity index (χ3n) is 4.47. The first-order chi connectivity index (χ1) is 9.92. The highest BCUT2D eigenvalue weighted by molar-refractivity contribution is 8.00. The van der Waals surface area contributed by atoms with Gasteiger partial charge in [0.05, 0.1) is 18.8 Å². The van der Waals surface area contributed by atoms with E-state index in [2.05, 4.69) is 0 Å². The van der Waals surface area contributed by atoms with Gasteiger partial charge in [-0.15, -0.1) is 11.8 Å². The summed E-state index contributed by atoms with van der Waals surface area (Å²) in [4.78, 5) is 37.1. The van der Waals surface area contributed by atoms with Crippen molar-refractivity contribution >= 4 is 29.5 Å². The Balaban J connectivity index is 1.89. The summed E-state index contributed by atoms with van der Waals surface area (Å²) in [6.07, 6.45) is 3.49. The highest BCUT2D eigenvalue weighted by Gasteiger charge is 2.47. The molecule has 2 amide bonds. The molecular formula is C15H23NO4S. The molecule has 5 nitrogen and oxygen atoms in total. The smallest absolute Gasteiger partial charge is 0.306 e. The molecule has 0 aromatic carbocycles. The zero-order chi connectivity index (χ0) is 15.6. The van der Waals surface area contributed by atoms with Crippen LogP contribution in [0, 0.1) is 5.41 Å². The van der Waals surface area contributed by atoms with Gasteiger partial charge in [0.15, 0.2) is 0 Å². The quantitative estimate of drug-likeness (QED) is 0.531. The van der Waals surface area contributed by atoms with Crippen molar-refractivity contribution in [2.75, 3.05) is 12.9 Å². The van der Waals surface area contributed by atoms with E-state index in [0.29, 0.717) is 12.8 Å². The number of ether oxygens (including phenoxy) is 1. The topological polar surface area (TPSA) is 63.7 Å². The Kier molecular flexibility index (Phi) is 4.96. The van der Waals surface area contributed by atoms with Gasteiger partial charge in [-0.05, 0) is 31.6 Å². The normalized spacial score (nSPS) is 25.1. The van der Waals surface area contributed by atoms with Crippen LogP contribution in [0.1, 0.15) is 46.0 Å². The number of hydrogen-bond donors (Lipinski definition) is 0. The van der Waals surface area contributed by atoms with Crippen molar-refractivity contribution in [1.29, 1.82) is 0 Å². The predicted molar refractivity (Wildman–Crippen MR) is 80.8 cm³/mol. The van der Waals surface area contributed by atoms with Gasteiger partial charge in [-0.2, -0.15) is 0 Å². The van der Waals surface area contributed by atoms with Crippen LogP contribution in [0.3, 0.4) is 0 Å². The predicted octanol–water partition coefficient (Wildman–Crippen LogP) is 1.99. The Morgan fingerprint density at radius 3 is 2.67 bits per heavy atom. The zero-order valence-electron chi connectivity index (χ0n) is 12.9. The lowest BCUT2D eigenvalue weighted by Crippen LogP contribution is -2.38. The number of amides is 2. The minimum atomic E-state index is -0.276. The highest BCUT2D eigenvalue weighted by atomic mass is 32.2. The van der Waals surface area contributed by atoms with Crippen molar-refractivity contribution in [2.45, 2.75) is 57.2 Å². The number of carbonyl (C=O) groups excluding carboxylic acids is 3. The highest BCUT2D eigenvalue weighted by Crippen LogP contribution is 2.52. The molecule has 0 bridgehead atoms. The maximum atomic E-state index is 12.3. The summed E-state index contributed by atoms with van der Waals surface area (Å²) in [7, 11) is 1.40. The van der Waals surface area contributed by atoms with E-state index in [1.165, 1.54) is 23.8 Å². The molecule has 2 aliphatic rings. The van der Waals surface area contributed by atoms with Crippen molar-refractivity contribution in [3.63, 3.8) is 0 Å². The van der Waals surface area contributed by atoms with E-state index in [-0.39, 0.29) is 34.5 Å². The molecule has 0 aromatic rings. The molecule has 0 radical (unpaired) electrons. The van der Waals surface area contributed by atoms with E-state index in [0.717, 1.165) is 25.0 Å². The van der Waals surface area contributed by atoms with E-state index in [1.54, 1.807) is 0 Å². The van der Waals surface area contributed by atoms with Gasteiger partial charge in [0.2, 0.25) is 11.8 Å². The minimum absolute atomic E-state index is 0.00905. The standard InChI is InChI=1S/C15H23NO4S/c1-4-10(2)16-12(17)7-11(14(16)19)21-9-15(5-6-15)8-13(18)20-3/h10-11H,4-9H2,1-3H3. The van der Waals surface area contributed by atoms with Crippen LogP contribution in [-0.4, -0.2) is 46.8 Å². The van der Waals surface area contributed by atoms with Crippen molar-refractivity contribution in [3.8, 4) is 0 Å². The average Bonchev–Trinajstić information content (AvgIpc) is 3.16. The van der Waals surface area contributed by atoms with Crippen molar-refractivity contribution in [1.82, 2.24) is 4.90 Å². The second-order valence-corrected chi connectivity index (χ2v) is 7.31. The summed E-state index contributed by atoms with van der Waals surface area (Å²) < 4.78 is 4.72. The number of imide groups is 1. The molecule has 2 unspecified atom stereocenters. The molecule has 1 heterocycles. The number of nitrogens with zero attached hydrogens (tertiary/aromatic N) is 1. The Hall–Kier alpha value is -1.04. The van der Waals surface area contributed by atoms with Gasteiger partial charge in [0, 0.05) is 18.2 Å². The van der Waals surface area contributed by atoms with Gasteiger partial charge in [0.1, 0.15) is 0 Å². The zero-order valence-corrected chi connectivity index (χ0v) is 13.7. The number of carbonyl (C=O) groups is 3. The molecule has 1 saturated carbocycles. The lowest BCUT2D eigenvalue weighted by molar-refractivity contribution is -0.142. The van der Waals surface area contributed by atoms with E-state index in [4.69, 9.17) is 4.74 Å². The van der Waals surface area contributed by atoms with Crippen LogP contribution in [0.2, 0.25) is 0 Å². The molecule has 1 aliphatic heterocycles. The fourth-order valence-electron chi connectivity index (χ4n) is 2.60. The number of esters is 1. The molecule has 2 atom stereocenters. The minimum Gasteiger partial charge on any atom is -0.469 e. The van der Waals surface area contributed by atoms with E-state index < -0.39 is 0 Å². The number of likely N-dealkylation sites (tertiary alicyclic amines) is 1. The summed E-state index contributed by atoms with van der Waals surface area (Å²) >= 11 is 1.53. The van der Waals surface area contributed by atoms with Gasteiger partial charge < -0.3 is 4.74 Å². The van der Waals surface area contributed by atoms with Crippen LogP contribution in [-0.2, 0) is 19.1 Å². The summed E-state index contributed by atoms with van der Waals surface area (Å²) in [5.41, 5.74) is -0.00905. The maximum Gasteiger partial charge on any atom is 0.306 e. The monoisotopic (exact) mass is 313 g/mol. The first-order valence-corrected chi connectivity index (χ1v) is 8.51. The van der Waals surface area contributed by atoms with Gasteiger partial charge in [-0.3, -0.25) is 19.3 Å². The maximum absolute atomic E-state index is 12.3. The summed E-state index contributed by atoms with van der Waals surface area (Å²) in [6.45, 7) is 3.88. The van der Waals surface area contributed by atoms with E-state index in [1.807, 2.05) is 13.8 Å². The van der Waals surface area contributed by atoms with E-state index in [9.17, 15) is 14.4 Å². The van der Waals surface area contributed by atoms with Crippen LogP contribution < -0.4 is 0 Å². The van der Waals surface area contributed by atoms with Crippen LogP contribution in [0.25, 0.3) is 0 Å². The lowest BCUT2D eigenvalue weighted by Gasteiger charge is -2.22. The largest absolute Gasteiger partial charge is 0.469 e. The molecule has 0 N–H and O–H groups in total. The Morgan fingerprint density at radius 2 is 2.14 bits per heavy atom. The van der Waals surface area contributed by atoms with Crippen LogP contribution in [0.4, 0.5) is 0 Å². The first-order valence-electron chi connectivity index (χ1n) is 7.47. The van der Waals surface area contributed by atoms with Gasteiger partial charge in [-0.25, -0.2) is 0 Å². The lowest BCUT2D eigenvalue weighted by atomic mass is 10.1.